The molecule has 1 rings (SSSR count). The summed E-state index contributed by atoms with van der Waals surface area (Å²) in [4.78, 5) is 1.35. The number of rotatable bonds is 8. The third-order valence-corrected chi connectivity index (χ3v) is 3.80. The lowest BCUT2D eigenvalue weighted by Gasteiger charge is -2.17. The van der Waals surface area contributed by atoms with Gasteiger partial charge in [-0.25, -0.2) is 0 Å². The van der Waals surface area contributed by atoms with Crippen molar-refractivity contribution in [3.05, 3.63) is 10.6 Å². The predicted molar refractivity (Wildman–Crippen MR) is 74.6 cm³/mol. The van der Waals surface area contributed by atoms with E-state index in [-0.39, 0.29) is 0 Å². The molecule has 0 saturated heterocycles. The highest BCUT2D eigenvalue weighted by molar-refractivity contribution is 7.05. The molecule has 17 heavy (non-hydrogen) atoms. The minimum absolute atomic E-state index is 0.448. The van der Waals surface area contributed by atoms with Gasteiger partial charge in [0.2, 0.25) is 0 Å². The van der Waals surface area contributed by atoms with Crippen molar-refractivity contribution < 1.29 is 0 Å². The Hall–Kier alpha value is -0.480. The largest absolute Gasteiger partial charge is 0.309 e. The summed E-state index contributed by atoms with van der Waals surface area (Å²) < 4.78 is 4.13. The Bertz CT molecular complexity index is 309. The number of hydrogen-bond donors (Lipinski definition) is 1. The normalized spacial score (nSPS) is 13.2. The van der Waals surface area contributed by atoms with Gasteiger partial charge in [0.05, 0.1) is 10.6 Å². The molecule has 98 valence electrons. The average molecular weight is 255 g/mol. The van der Waals surface area contributed by atoms with Gasteiger partial charge in [0.25, 0.3) is 0 Å². The van der Waals surface area contributed by atoms with Crippen molar-refractivity contribution >= 4 is 11.5 Å². The summed E-state index contributed by atoms with van der Waals surface area (Å²) in [5.41, 5.74) is 1.18. The fourth-order valence-corrected chi connectivity index (χ4v) is 2.93. The van der Waals surface area contributed by atoms with Crippen LogP contribution in [0.15, 0.2) is 0 Å². The maximum atomic E-state index is 4.28. The second kappa shape index (κ2) is 7.77. The van der Waals surface area contributed by atoms with Crippen LogP contribution in [0.25, 0.3) is 0 Å². The lowest BCUT2D eigenvalue weighted by molar-refractivity contribution is 0.487. The Kier molecular flexibility index (Phi) is 6.66. The van der Waals surface area contributed by atoms with Crippen LogP contribution in [0.4, 0.5) is 0 Å². The Morgan fingerprint density at radius 2 is 2.00 bits per heavy atom. The van der Waals surface area contributed by atoms with Crippen LogP contribution in [0.5, 0.6) is 0 Å². The number of hydrogen-bond acceptors (Lipinski definition) is 4. The topological polar surface area (TPSA) is 37.8 Å². The standard InChI is InChI=1S/C13H25N3S/c1-5-7-8-9-11(14-6-2)13-12(10(3)4)15-16-17-13/h10-11,14H,5-9H2,1-4H3. The molecule has 0 aliphatic rings. The maximum Gasteiger partial charge on any atom is 0.0829 e. The molecule has 0 fully saturated rings. The zero-order valence-electron chi connectivity index (χ0n) is 11.5. The summed E-state index contributed by atoms with van der Waals surface area (Å²) in [5, 5.41) is 7.85. The monoisotopic (exact) mass is 255 g/mol. The van der Waals surface area contributed by atoms with Crippen molar-refractivity contribution in [3.8, 4) is 0 Å². The molecule has 0 aliphatic heterocycles. The molecule has 0 amide bonds. The van der Waals surface area contributed by atoms with E-state index in [1.807, 2.05) is 0 Å². The summed E-state index contributed by atoms with van der Waals surface area (Å²) in [6.07, 6.45) is 5.07. The van der Waals surface area contributed by atoms with E-state index in [9.17, 15) is 0 Å². The van der Waals surface area contributed by atoms with Crippen molar-refractivity contribution in [2.24, 2.45) is 0 Å². The molecule has 0 bridgehead atoms. The van der Waals surface area contributed by atoms with E-state index in [0.717, 1.165) is 6.54 Å². The van der Waals surface area contributed by atoms with Gasteiger partial charge in [-0.2, -0.15) is 0 Å². The van der Waals surface area contributed by atoms with Crippen LogP contribution in [0.3, 0.4) is 0 Å². The van der Waals surface area contributed by atoms with E-state index in [2.05, 4.69) is 42.6 Å². The van der Waals surface area contributed by atoms with E-state index in [0.29, 0.717) is 12.0 Å². The number of nitrogens with one attached hydrogen (secondary N) is 1. The zero-order chi connectivity index (χ0) is 12.7. The van der Waals surface area contributed by atoms with Crippen LogP contribution in [0.1, 0.15) is 75.9 Å². The van der Waals surface area contributed by atoms with Crippen LogP contribution in [-0.2, 0) is 0 Å². The Morgan fingerprint density at radius 1 is 1.24 bits per heavy atom. The zero-order valence-corrected chi connectivity index (χ0v) is 12.3. The molecule has 1 aromatic rings. The SMILES string of the molecule is CCCCCC(NCC)c1snnc1C(C)C. The molecule has 1 aromatic heterocycles. The maximum absolute atomic E-state index is 4.28. The van der Waals surface area contributed by atoms with Crippen molar-refractivity contribution in [1.29, 1.82) is 0 Å². The first kappa shape index (κ1) is 14.6. The van der Waals surface area contributed by atoms with Crippen LogP contribution in [0, 0.1) is 0 Å². The first-order valence-electron chi connectivity index (χ1n) is 6.76. The number of nitrogens with zero attached hydrogens (tertiary/aromatic N) is 2. The van der Waals surface area contributed by atoms with Crippen LogP contribution in [0.2, 0.25) is 0 Å². The molecule has 0 aliphatic carbocycles. The van der Waals surface area contributed by atoms with E-state index in [1.54, 1.807) is 11.5 Å². The van der Waals surface area contributed by atoms with Crippen molar-refractivity contribution in [3.63, 3.8) is 0 Å². The van der Waals surface area contributed by atoms with Gasteiger partial charge in [-0.15, -0.1) is 5.10 Å². The van der Waals surface area contributed by atoms with E-state index < -0.39 is 0 Å². The molecule has 1 unspecified atom stereocenters. The van der Waals surface area contributed by atoms with Gasteiger partial charge < -0.3 is 5.32 Å². The molecular formula is C13H25N3S. The molecule has 0 spiro atoms. The molecule has 3 nitrogen and oxygen atoms in total. The minimum Gasteiger partial charge on any atom is -0.309 e. The fourth-order valence-electron chi connectivity index (χ4n) is 2.02. The summed E-state index contributed by atoms with van der Waals surface area (Å²) in [7, 11) is 0. The predicted octanol–water partition coefficient (Wildman–Crippen LogP) is 3.89. The summed E-state index contributed by atoms with van der Waals surface area (Å²) >= 11 is 1.56. The van der Waals surface area contributed by atoms with Gasteiger partial charge in [-0.05, 0) is 30.4 Å². The first-order valence-corrected chi connectivity index (χ1v) is 7.53. The molecule has 0 saturated carbocycles. The highest BCUT2D eigenvalue weighted by atomic mass is 32.1. The molecule has 1 atom stereocenters. The second-order valence-electron chi connectivity index (χ2n) is 4.78. The molecular weight excluding hydrogens is 230 g/mol. The molecule has 0 aromatic carbocycles. The Morgan fingerprint density at radius 3 is 2.59 bits per heavy atom. The van der Waals surface area contributed by atoms with Gasteiger partial charge in [-0.3, -0.25) is 0 Å². The lowest BCUT2D eigenvalue weighted by Crippen LogP contribution is -2.21. The van der Waals surface area contributed by atoms with E-state index >= 15 is 0 Å². The Labute approximate surface area is 109 Å². The van der Waals surface area contributed by atoms with Gasteiger partial charge in [0, 0.05) is 6.04 Å². The molecule has 0 radical (unpaired) electrons. The van der Waals surface area contributed by atoms with Crippen molar-refractivity contribution in [1.82, 2.24) is 14.9 Å². The lowest BCUT2D eigenvalue weighted by atomic mass is 10.0. The Balaban J connectivity index is 2.70. The smallest absolute Gasteiger partial charge is 0.0829 e. The summed E-state index contributed by atoms with van der Waals surface area (Å²) in [5.74, 6) is 0.469. The van der Waals surface area contributed by atoms with Crippen molar-refractivity contribution in [2.75, 3.05) is 6.54 Å². The highest BCUT2D eigenvalue weighted by Crippen LogP contribution is 2.29. The van der Waals surface area contributed by atoms with Crippen LogP contribution in [-0.4, -0.2) is 16.1 Å². The number of aromatic nitrogens is 2. The third kappa shape index (κ3) is 4.36. The second-order valence-corrected chi connectivity index (χ2v) is 5.57. The van der Waals surface area contributed by atoms with Gasteiger partial charge in [-0.1, -0.05) is 51.4 Å². The highest BCUT2D eigenvalue weighted by Gasteiger charge is 2.19. The van der Waals surface area contributed by atoms with Crippen LogP contribution < -0.4 is 5.32 Å². The van der Waals surface area contributed by atoms with Crippen LogP contribution >= 0.6 is 11.5 Å². The van der Waals surface area contributed by atoms with Crippen molar-refractivity contribution in [2.45, 2.75) is 65.3 Å². The average Bonchev–Trinajstić information content (AvgIpc) is 2.77. The minimum atomic E-state index is 0.448. The fraction of sp³-hybridized carbons (Fsp3) is 0.846. The quantitative estimate of drug-likeness (QED) is 0.716. The summed E-state index contributed by atoms with van der Waals surface area (Å²) in [6.45, 7) is 9.79. The van der Waals surface area contributed by atoms with Gasteiger partial charge in [0.15, 0.2) is 0 Å². The summed E-state index contributed by atoms with van der Waals surface area (Å²) in [6, 6.07) is 0.448. The molecule has 4 heteroatoms. The third-order valence-electron chi connectivity index (χ3n) is 2.95. The van der Waals surface area contributed by atoms with E-state index in [4.69, 9.17) is 0 Å². The van der Waals surface area contributed by atoms with Gasteiger partial charge in [0.1, 0.15) is 0 Å². The van der Waals surface area contributed by atoms with E-state index in [1.165, 1.54) is 36.3 Å². The van der Waals surface area contributed by atoms with Gasteiger partial charge >= 0.3 is 0 Å². The molecule has 1 heterocycles. The number of unbranched alkanes of at least 4 members (excludes halogenated alkanes) is 2. The molecule has 1 N–H and O–H groups in total. The first-order chi connectivity index (χ1) is 8.20.